The van der Waals surface area contributed by atoms with E-state index >= 15 is 0 Å². The van der Waals surface area contributed by atoms with Gasteiger partial charge in [0.05, 0.1) is 25.2 Å². The topological polar surface area (TPSA) is 122 Å². The maximum absolute atomic E-state index is 10.6. The summed E-state index contributed by atoms with van der Waals surface area (Å²) >= 11 is 0. The van der Waals surface area contributed by atoms with E-state index in [1.165, 1.54) is 12.0 Å². The van der Waals surface area contributed by atoms with E-state index < -0.39 is 24.3 Å². The van der Waals surface area contributed by atoms with E-state index in [-0.39, 0.29) is 12.2 Å². The molecule has 37 heavy (non-hydrogen) atoms. The maximum Gasteiger partial charge on any atom is 0.490 e. The number of fused-ring (bicyclic) bond motifs is 1. The third kappa shape index (κ3) is 10.0. The molecule has 2 saturated heterocycles. The van der Waals surface area contributed by atoms with Crippen molar-refractivity contribution in [3.8, 4) is 0 Å². The Kier molecular flexibility index (Phi) is 10.9. The van der Waals surface area contributed by atoms with Crippen molar-refractivity contribution in [3.05, 3.63) is 54.2 Å². The van der Waals surface area contributed by atoms with Gasteiger partial charge >= 0.3 is 24.3 Å². The summed E-state index contributed by atoms with van der Waals surface area (Å²) in [7, 11) is 0. The van der Waals surface area contributed by atoms with Crippen LogP contribution in [0.2, 0.25) is 0 Å². The average molecular weight is 542 g/mol. The number of carboxylic acids is 2. The smallest absolute Gasteiger partial charge is 0.475 e. The minimum Gasteiger partial charge on any atom is -0.475 e. The van der Waals surface area contributed by atoms with Gasteiger partial charge in [-0.15, -0.1) is 0 Å². The summed E-state index contributed by atoms with van der Waals surface area (Å²) in [6, 6.07) is 6.47. The van der Waals surface area contributed by atoms with Crippen LogP contribution in [-0.4, -0.2) is 75.8 Å². The molecule has 2 aromatic heterocycles. The first-order chi connectivity index (χ1) is 17.3. The summed E-state index contributed by atoms with van der Waals surface area (Å²) in [5, 5.41) is 14.2. The van der Waals surface area contributed by atoms with Crippen LogP contribution >= 0.6 is 0 Å². The molecule has 0 saturated carbocycles. The Morgan fingerprint density at radius 2 is 1.62 bits per heavy atom. The van der Waals surface area contributed by atoms with Crippen molar-refractivity contribution < 1.29 is 60.0 Å². The molecule has 2 aromatic rings. The molecule has 2 N–H and O–H groups in total. The third-order valence-electron chi connectivity index (χ3n) is 5.25. The van der Waals surface area contributed by atoms with Crippen molar-refractivity contribution in [2.24, 2.45) is 0 Å². The highest BCUT2D eigenvalue weighted by Gasteiger charge is 2.44. The van der Waals surface area contributed by atoms with E-state index in [2.05, 4.69) is 9.88 Å². The van der Waals surface area contributed by atoms with Gasteiger partial charge in [0, 0.05) is 43.7 Å². The molecule has 4 rings (SSSR count). The Hall–Kier alpha value is -3.17. The molecule has 15 heteroatoms. The van der Waals surface area contributed by atoms with E-state index in [4.69, 9.17) is 33.7 Å². The van der Waals surface area contributed by atoms with Gasteiger partial charge in [0.1, 0.15) is 6.10 Å². The maximum atomic E-state index is 10.6. The second-order valence-corrected chi connectivity index (χ2v) is 7.92. The van der Waals surface area contributed by atoms with Gasteiger partial charge in [-0.2, -0.15) is 26.3 Å². The summed E-state index contributed by atoms with van der Waals surface area (Å²) in [4.78, 5) is 24.3. The summed E-state index contributed by atoms with van der Waals surface area (Å²) in [5.74, 6) is -5.51. The van der Waals surface area contributed by atoms with Gasteiger partial charge in [-0.25, -0.2) is 9.59 Å². The van der Waals surface area contributed by atoms with Crippen LogP contribution in [-0.2, 0) is 32.2 Å². The molecule has 0 bridgehead atoms. The molecular weight excluding hydrogens is 518 g/mol. The second kappa shape index (κ2) is 13.4. The van der Waals surface area contributed by atoms with Crippen LogP contribution in [0, 0.1) is 0 Å². The van der Waals surface area contributed by atoms with Crippen LogP contribution in [0.1, 0.15) is 24.0 Å². The number of alkyl halides is 6. The molecule has 4 heterocycles. The predicted molar refractivity (Wildman–Crippen MR) is 112 cm³/mol. The number of furan rings is 1. The molecule has 0 amide bonds. The zero-order valence-corrected chi connectivity index (χ0v) is 19.1. The standard InChI is InChI=1S/C18H22N2O3.2C2HF3O2/c1-2-16-18(22-8-1)17(23-13-14-3-6-19-7-4-14)11-20(16)10-15-5-9-21-12-15;2*3-2(4,5)1(6)7/h3-7,9,12,16-18H,1-2,8,10-11,13H2;2*(H,6,7)/t16-,17+,18+;;/m1../s1. The zero-order chi connectivity index (χ0) is 27.6. The van der Waals surface area contributed by atoms with Crippen LogP contribution in [0.5, 0.6) is 0 Å². The van der Waals surface area contributed by atoms with Crippen molar-refractivity contribution in [1.82, 2.24) is 9.88 Å². The van der Waals surface area contributed by atoms with Gasteiger partial charge < -0.3 is 24.1 Å². The fraction of sp³-hybridized carbons (Fsp3) is 0.500. The van der Waals surface area contributed by atoms with Gasteiger partial charge in [-0.3, -0.25) is 9.88 Å². The number of likely N-dealkylation sites (tertiary alicyclic amines) is 1. The summed E-state index contributed by atoms with van der Waals surface area (Å²) in [6.45, 7) is 3.26. The third-order valence-corrected chi connectivity index (χ3v) is 5.25. The quantitative estimate of drug-likeness (QED) is 0.542. The molecular formula is C22H24F6N2O7. The SMILES string of the molecule is O=C(O)C(F)(F)F.O=C(O)C(F)(F)F.c1cc(CO[C@H]2CN(Cc3ccoc3)[C@@H]3CCCO[C@H]23)ccn1. The summed E-state index contributed by atoms with van der Waals surface area (Å²) in [6.07, 6.45) is -0.395. The monoisotopic (exact) mass is 542 g/mol. The number of halogens is 6. The van der Waals surface area contributed by atoms with Crippen LogP contribution in [0.15, 0.2) is 47.5 Å². The molecule has 0 spiro atoms. The lowest BCUT2D eigenvalue weighted by Crippen LogP contribution is -2.41. The van der Waals surface area contributed by atoms with Crippen molar-refractivity contribution in [2.45, 2.75) is 56.6 Å². The molecule has 2 aliphatic rings. The molecule has 3 atom stereocenters. The molecule has 0 aromatic carbocycles. The number of ether oxygens (including phenoxy) is 2. The Labute approximate surface area is 206 Å². The zero-order valence-electron chi connectivity index (χ0n) is 19.1. The second-order valence-electron chi connectivity index (χ2n) is 7.92. The van der Waals surface area contributed by atoms with Crippen molar-refractivity contribution in [3.63, 3.8) is 0 Å². The Balaban J connectivity index is 0.000000286. The fourth-order valence-corrected chi connectivity index (χ4v) is 3.63. The lowest BCUT2D eigenvalue weighted by Gasteiger charge is -2.32. The first-order valence-electron chi connectivity index (χ1n) is 10.8. The highest BCUT2D eigenvalue weighted by atomic mass is 19.4. The number of aliphatic carboxylic acids is 2. The van der Waals surface area contributed by atoms with Gasteiger partial charge in [0.25, 0.3) is 0 Å². The predicted octanol–water partition coefficient (Wildman–Crippen LogP) is 3.89. The molecule has 0 unspecified atom stereocenters. The first kappa shape index (κ1) is 30.1. The Morgan fingerprint density at radius 3 is 2.14 bits per heavy atom. The molecule has 2 aliphatic heterocycles. The lowest BCUT2D eigenvalue weighted by atomic mass is 10.0. The van der Waals surface area contributed by atoms with E-state index in [0.29, 0.717) is 12.6 Å². The van der Waals surface area contributed by atoms with Gasteiger partial charge in [-0.05, 0) is 36.6 Å². The number of rotatable bonds is 5. The number of carbonyl (C=O) groups is 2. The number of nitrogens with zero attached hydrogens (tertiary/aromatic N) is 2. The Morgan fingerprint density at radius 1 is 1.03 bits per heavy atom. The number of carboxylic acid groups (broad SMARTS) is 2. The van der Waals surface area contributed by atoms with E-state index in [1.54, 1.807) is 18.7 Å². The summed E-state index contributed by atoms with van der Waals surface area (Å²) < 4.78 is 80.9. The van der Waals surface area contributed by atoms with E-state index in [1.807, 2.05) is 24.5 Å². The van der Waals surface area contributed by atoms with E-state index in [0.717, 1.165) is 31.7 Å². The van der Waals surface area contributed by atoms with Crippen LogP contribution in [0.3, 0.4) is 0 Å². The Bertz CT molecular complexity index is 946. The first-order valence-corrected chi connectivity index (χ1v) is 10.8. The van der Waals surface area contributed by atoms with Crippen molar-refractivity contribution in [1.29, 1.82) is 0 Å². The summed E-state index contributed by atoms with van der Waals surface area (Å²) in [5.41, 5.74) is 2.37. The number of hydrogen-bond acceptors (Lipinski definition) is 7. The van der Waals surface area contributed by atoms with E-state index in [9.17, 15) is 26.3 Å². The minimum absolute atomic E-state index is 0.125. The average Bonchev–Trinajstić information content (AvgIpc) is 3.46. The molecule has 2 fully saturated rings. The molecule has 0 aliphatic carbocycles. The normalized spacial score (nSPS) is 21.6. The number of hydrogen-bond donors (Lipinski definition) is 2. The minimum atomic E-state index is -5.08. The van der Waals surface area contributed by atoms with Gasteiger partial charge in [0.2, 0.25) is 0 Å². The van der Waals surface area contributed by atoms with Crippen LogP contribution in [0.4, 0.5) is 26.3 Å². The molecule has 206 valence electrons. The van der Waals surface area contributed by atoms with Crippen LogP contribution < -0.4 is 0 Å². The van der Waals surface area contributed by atoms with Crippen molar-refractivity contribution in [2.75, 3.05) is 13.2 Å². The highest BCUT2D eigenvalue weighted by Crippen LogP contribution is 2.32. The van der Waals surface area contributed by atoms with Gasteiger partial charge in [0.15, 0.2) is 0 Å². The number of pyridine rings is 1. The molecule has 0 radical (unpaired) electrons. The largest absolute Gasteiger partial charge is 0.490 e. The van der Waals surface area contributed by atoms with Crippen LogP contribution in [0.25, 0.3) is 0 Å². The lowest BCUT2D eigenvalue weighted by molar-refractivity contribution is -0.193. The van der Waals surface area contributed by atoms with Gasteiger partial charge in [-0.1, -0.05) is 0 Å². The number of aromatic nitrogens is 1. The highest BCUT2D eigenvalue weighted by molar-refractivity contribution is 5.73. The van der Waals surface area contributed by atoms with Crippen molar-refractivity contribution >= 4 is 11.9 Å². The molecule has 9 nitrogen and oxygen atoms in total. The fourth-order valence-electron chi connectivity index (χ4n) is 3.63.